The molecule has 0 aliphatic carbocycles. The topological polar surface area (TPSA) is 57.2 Å². The normalized spacial score (nSPS) is 11.5. The van der Waals surface area contributed by atoms with Gasteiger partial charge in [0.05, 0.1) is 27.9 Å². The molecule has 6 nitrogen and oxygen atoms in total. The summed E-state index contributed by atoms with van der Waals surface area (Å²) in [6.45, 7) is 0. The van der Waals surface area contributed by atoms with E-state index >= 15 is 0 Å². The molecule has 0 aliphatic heterocycles. The molecule has 0 saturated heterocycles. The van der Waals surface area contributed by atoms with Gasteiger partial charge in [0.15, 0.2) is 0 Å². The first-order valence-corrected chi connectivity index (χ1v) is 14.0. The molecule has 4 aromatic carbocycles. The first kappa shape index (κ1) is 26.3. The second kappa shape index (κ2) is 10.4. The van der Waals surface area contributed by atoms with E-state index in [1.165, 1.54) is 0 Å². The Kier molecular flexibility index (Phi) is 6.24. The zero-order valence-corrected chi connectivity index (χ0v) is 25.4. The fraction of sp³-hybridized carbons (Fsp3) is 0. The van der Waals surface area contributed by atoms with E-state index in [0.29, 0.717) is 11.5 Å². The molecule has 0 saturated carbocycles. The van der Waals surface area contributed by atoms with E-state index in [-0.39, 0.29) is 21.1 Å². The van der Waals surface area contributed by atoms with Gasteiger partial charge in [0.1, 0.15) is 5.65 Å². The van der Waals surface area contributed by atoms with Gasteiger partial charge in [0.25, 0.3) is 0 Å². The van der Waals surface area contributed by atoms with Gasteiger partial charge in [0.2, 0.25) is 0 Å². The molecule has 5 heterocycles. The minimum Gasteiger partial charge on any atom is -0.503 e. The van der Waals surface area contributed by atoms with Crippen LogP contribution in [0.4, 0.5) is 0 Å². The van der Waals surface area contributed by atoms with Crippen molar-refractivity contribution in [3.63, 3.8) is 0 Å². The minimum atomic E-state index is 0. The third-order valence-corrected chi connectivity index (χ3v) is 7.87. The van der Waals surface area contributed by atoms with E-state index in [1.807, 2.05) is 79.1 Å². The molecule has 0 amide bonds. The van der Waals surface area contributed by atoms with Crippen LogP contribution in [0.25, 0.3) is 66.3 Å². The summed E-state index contributed by atoms with van der Waals surface area (Å²) in [5.41, 5.74) is 7.41. The molecule has 0 bridgehead atoms. The zero-order valence-electron chi connectivity index (χ0n) is 23.1. The second-order valence-electron chi connectivity index (χ2n) is 10.4. The van der Waals surface area contributed by atoms with Gasteiger partial charge in [0, 0.05) is 46.4 Å². The third kappa shape index (κ3) is 4.10. The molecule has 0 atom stereocenters. The number of imidazole rings is 1. The van der Waals surface area contributed by atoms with Crippen molar-refractivity contribution in [3.8, 4) is 28.4 Å². The Balaban J connectivity index is 0.00000289. The number of benzene rings is 4. The van der Waals surface area contributed by atoms with Crippen LogP contribution in [0.1, 0.15) is 0 Å². The summed E-state index contributed by atoms with van der Waals surface area (Å²) in [5, 5.41) is 4.05. The monoisotopic (exact) mass is 746 g/mol. The molecule has 210 valence electrons. The van der Waals surface area contributed by atoms with Crippen molar-refractivity contribution >= 4 is 49.4 Å². The molecule has 9 aromatic rings. The van der Waals surface area contributed by atoms with Gasteiger partial charge < -0.3 is 13.7 Å². The summed E-state index contributed by atoms with van der Waals surface area (Å²) in [6.07, 6.45) is 5.70. The van der Waals surface area contributed by atoms with Crippen molar-refractivity contribution in [1.82, 2.24) is 23.9 Å². The Hall–Kier alpha value is -5.32. The quantitative estimate of drug-likeness (QED) is 0.134. The van der Waals surface area contributed by atoms with Crippen LogP contribution >= 0.6 is 0 Å². The average molecular weight is 747 g/mol. The number of hydrogen-bond donors (Lipinski definition) is 0. The fourth-order valence-electron chi connectivity index (χ4n) is 5.98. The van der Waals surface area contributed by atoms with Gasteiger partial charge in [-0.2, -0.15) is 6.07 Å². The SMILES string of the molecule is [Pt+2].[c-]1c(Oc2[c-]c3c(cc2)c2ncccc2n2cc(-c4ccccc4)nc32)cccc1-n1c2ccccc2c2cccnc21. The van der Waals surface area contributed by atoms with Gasteiger partial charge in [-0.15, -0.1) is 24.3 Å². The van der Waals surface area contributed by atoms with Gasteiger partial charge in [-0.3, -0.25) is 9.97 Å². The number of aromatic nitrogens is 5. The van der Waals surface area contributed by atoms with E-state index in [0.717, 1.165) is 66.3 Å². The Morgan fingerprint density at radius 3 is 2.30 bits per heavy atom. The maximum absolute atomic E-state index is 6.40. The predicted molar refractivity (Wildman–Crippen MR) is 170 cm³/mol. The number of ether oxygens (including phenoxy) is 1. The molecule has 0 N–H and O–H groups in total. The average Bonchev–Trinajstić information content (AvgIpc) is 3.66. The summed E-state index contributed by atoms with van der Waals surface area (Å²) in [6, 6.07) is 43.4. The number of para-hydroxylation sites is 1. The van der Waals surface area contributed by atoms with Crippen LogP contribution in [-0.4, -0.2) is 23.9 Å². The van der Waals surface area contributed by atoms with Crippen LogP contribution in [0.5, 0.6) is 11.5 Å². The van der Waals surface area contributed by atoms with Gasteiger partial charge in [-0.05, 0) is 30.3 Å². The predicted octanol–water partition coefficient (Wildman–Crippen LogP) is 8.58. The van der Waals surface area contributed by atoms with Crippen LogP contribution in [0.3, 0.4) is 0 Å². The largest absolute Gasteiger partial charge is 2.00 e. The zero-order chi connectivity index (χ0) is 28.3. The van der Waals surface area contributed by atoms with Crippen molar-refractivity contribution in [3.05, 3.63) is 140 Å². The Bertz CT molecular complexity index is 2450. The van der Waals surface area contributed by atoms with E-state index in [9.17, 15) is 0 Å². The maximum atomic E-state index is 6.40. The summed E-state index contributed by atoms with van der Waals surface area (Å²) >= 11 is 0. The number of rotatable bonds is 4. The molecule has 0 unspecified atom stereocenters. The molecular formula is C37H21N5OPt. The third-order valence-electron chi connectivity index (χ3n) is 7.87. The van der Waals surface area contributed by atoms with Crippen molar-refractivity contribution in [1.29, 1.82) is 0 Å². The molecule has 44 heavy (non-hydrogen) atoms. The standard InChI is InChI=1S/C37H21N5O.Pt/c1-2-9-24(10-3-1)32-23-41-34-16-8-19-38-35(34)29-18-17-27(22-31(29)37(41)40-32)43-26-12-6-11-25(21-26)42-33-15-5-4-13-28(33)30-14-7-20-39-36(30)42;/h1-20,23H;/q-2;+2. The minimum absolute atomic E-state index is 0. The van der Waals surface area contributed by atoms with Crippen molar-refractivity contribution < 1.29 is 25.8 Å². The molecule has 5 aromatic heterocycles. The molecule has 0 spiro atoms. The first-order chi connectivity index (χ1) is 21.3. The van der Waals surface area contributed by atoms with E-state index in [4.69, 9.17) is 19.7 Å². The van der Waals surface area contributed by atoms with E-state index in [2.05, 4.69) is 69.8 Å². The fourth-order valence-corrected chi connectivity index (χ4v) is 5.98. The molecule has 9 rings (SSSR count). The summed E-state index contributed by atoms with van der Waals surface area (Å²) in [7, 11) is 0. The first-order valence-electron chi connectivity index (χ1n) is 14.0. The van der Waals surface area contributed by atoms with Crippen LogP contribution in [-0.2, 0) is 21.1 Å². The van der Waals surface area contributed by atoms with Crippen LogP contribution < -0.4 is 4.74 Å². The van der Waals surface area contributed by atoms with E-state index in [1.54, 1.807) is 0 Å². The van der Waals surface area contributed by atoms with Gasteiger partial charge >= 0.3 is 21.1 Å². The molecule has 0 fully saturated rings. The van der Waals surface area contributed by atoms with Crippen LogP contribution in [0, 0.1) is 12.1 Å². The van der Waals surface area contributed by atoms with Crippen LogP contribution in [0.15, 0.2) is 128 Å². The molecule has 0 radical (unpaired) electrons. The Labute approximate surface area is 266 Å². The summed E-state index contributed by atoms with van der Waals surface area (Å²) in [4.78, 5) is 14.5. The number of hydrogen-bond acceptors (Lipinski definition) is 4. The van der Waals surface area contributed by atoms with Gasteiger partial charge in [-0.1, -0.05) is 77.1 Å². The molecular weight excluding hydrogens is 726 g/mol. The van der Waals surface area contributed by atoms with Gasteiger partial charge in [-0.25, -0.2) is 4.98 Å². The van der Waals surface area contributed by atoms with Crippen molar-refractivity contribution in [2.45, 2.75) is 0 Å². The number of fused-ring (bicyclic) bond motifs is 9. The molecule has 7 heteroatoms. The smallest absolute Gasteiger partial charge is 0.503 e. The number of nitrogens with zero attached hydrogens (tertiary/aromatic N) is 5. The number of pyridine rings is 3. The van der Waals surface area contributed by atoms with Crippen molar-refractivity contribution in [2.75, 3.05) is 0 Å². The van der Waals surface area contributed by atoms with E-state index < -0.39 is 0 Å². The Morgan fingerprint density at radius 2 is 1.36 bits per heavy atom. The summed E-state index contributed by atoms with van der Waals surface area (Å²) < 4.78 is 10.6. The van der Waals surface area contributed by atoms with Crippen LogP contribution in [0.2, 0.25) is 0 Å². The molecule has 0 aliphatic rings. The van der Waals surface area contributed by atoms with Crippen molar-refractivity contribution in [2.24, 2.45) is 0 Å². The second-order valence-corrected chi connectivity index (χ2v) is 10.4. The summed E-state index contributed by atoms with van der Waals surface area (Å²) in [5.74, 6) is 1.15. The Morgan fingerprint density at radius 1 is 0.591 bits per heavy atom. The maximum Gasteiger partial charge on any atom is 2.00 e.